The van der Waals surface area contributed by atoms with Crippen molar-refractivity contribution in [3.8, 4) is 0 Å². The van der Waals surface area contributed by atoms with Crippen molar-refractivity contribution in [1.82, 2.24) is 14.7 Å². The molecule has 0 radical (unpaired) electrons. The summed E-state index contributed by atoms with van der Waals surface area (Å²) in [6, 6.07) is 6.82. The van der Waals surface area contributed by atoms with E-state index >= 15 is 0 Å². The summed E-state index contributed by atoms with van der Waals surface area (Å²) in [7, 11) is 1.42. The lowest BCUT2D eigenvalue weighted by molar-refractivity contribution is -0.142. The van der Waals surface area contributed by atoms with Gasteiger partial charge in [-0.25, -0.2) is 4.79 Å². The summed E-state index contributed by atoms with van der Waals surface area (Å²) in [6.45, 7) is 3.43. The van der Waals surface area contributed by atoms with E-state index in [1.807, 2.05) is 0 Å². The van der Waals surface area contributed by atoms with Crippen LogP contribution in [0.25, 0.3) is 0 Å². The molecule has 2 aliphatic heterocycles. The summed E-state index contributed by atoms with van der Waals surface area (Å²) >= 11 is 6.34. The molecule has 0 spiro atoms. The maximum absolute atomic E-state index is 13.1. The minimum absolute atomic E-state index is 0.0966. The molecule has 0 saturated carbocycles. The van der Waals surface area contributed by atoms with Crippen molar-refractivity contribution >= 4 is 35.4 Å². The van der Waals surface area contributed by atoms with Gasteiger partial charge in [-0.1, -0.05) is 29.8 Å². The SMILES string of the molecule is CCOC(=O)N1CCN(C(=O)C[C@]2(c3ccccc3Cl)CC(=O)N(C)C2=O)CC1. The Labute approximate surface area is 174 Å². The van der Waals surface area contributed by atoms with Crippen LogP contribution >= 0.6 is 11.6 Å². The Kier molecular flexibility index (Phi) is 6.12. The Bertz CT molecular complexity index is 837. The topological polar surface area (TPSA) is 87.2 Å². The third kappa shape index (κ3) is 3.94. The van der Waals surface area contributed by atoms with E-state index in [1.54, 1.807) is 41.0 Å². The summed E-state index contributed by atoms with van der Waals surface area (Å²) in [6.07, 6.45) is -0.642. The molecular weight excluding hydrogens is 398 g/mol. The Balaban J connectivity index is 1.79. The summed E-state index contributed by atoms with van der Waals surface area (Å²) in [5, 5.41) is 0.351. The third-order valence-electron chi connectivity index (χ3n) is 5.54. The first kappa shape index (κ1) is 21.1. The third-order valence-corrected chi connectivity index (χ3v) is 5.87. The van der Waals surface area contributed by atoms with Gasteiger partial charge in [0.15, 0.2) is 0 Å². The van der Waals surface area contributed by atoms with Crippen LogP contribution in [-0.2, 0) is 24.5 Å². The zero-order chi connectivity index (χ0) is 21.2. The van der Waals surface area contributed by atoms with Crippen molar-refractivity contribution in [3.05, 3.63) is 34.9 Å². The predicted octanol–water partition coefficient (Wildman–Crippen LogP) is 1.66. The number of ether oxygens (including phenoxy) is 1. The van der Waals surface area contributed by atoms with Gasteiger partial charge in [-0.05, 0) is 18.6 Å². The van der Waals surface area contributed by atoms with Gasteiger partial charge in [-0.15, -0.1) is 0 Å². The summed E-state index contributed by atoms with van der Waals surface area (Å²) in [5.41, 5.74) is -0.817. The minimum atomic E-state index is -1.31. The molecule has 4 amide bonds. The highest BCUT2D eigenvalue weighted by Gasteiger charge is 2.53. The number of halogens is 1. The van der Waals surface area contributed by atoms with Crippen molar-refractivity contribution in [2.45, 2.75) is 25.2 Å². The number of benzene rings is 1. The van der Waals surface area contributed by atoms with Crippen LogP contribution in [0.5, 0.6) is 0 Å². The molecule has 2 fully saturated rings. The van der Waals surface area contributed by atoms with Crippen LogP contribution in [0.1, 0.15) is 25.3 Å². The number of carbonyl (C=O) groups is 4. The lowest BCUT2D eigenvalue weighted by atomic mass is 9.75. The second kappa shape index (κ2) is 8.41. The van der Waals surface area contributed by atoms with Crippen molar-refractivity contribution < 1.29 is 23.9 Å². The van der Waals surface area contributed by atoms with E-state index in [1.165, 1.54) is 7.05 Å². The smallest absolute Gasteiger partial charge is 0.409 e. The van der Waals surface area contributed by atoms with Gasteiger partial charge in [-0.2, -0.15) is 0 Å². The van der Waals surface area contributed by atoms with E-state index in [0.29, 0.717) is 43.4 Å². The van der Waals surface area contributed by atoms with E-state index < -0.39 is 17.4 Å². The van der Waals surface area contributed by atoms with Gasteiger partial charge in [0.1, 0.15) is 0 Å². The van der Waals surface area contributed by atoms with Gasteiger partial charge in [0.2, 0.25) is 17.7 Å². The van der Waals surface area contributed by atoms with E-state index in [4.69, 9.17) is 16.3 Å². The Morgan fingerprint density at radius 3 is 2.28 bits per heavy atom. The van der Waals surface area contributed by atoms with Crippen molar-refractivity contribution in [3.63, 3.8) is 0 Å². The molecule has 0 N–H and O–H groups in total. The molecule has 0 unspecified atom stereocenters. The van der Waals surface area contributed by atoms with Crippen LogP contribution in [-0.4, -0.2) is 78.3 Å². The van der Waals surface area contributed by atoms with Gasteiger partial charge in [0.25, 0.3) is 0 Å². The van der Waals surface area contributed by atoms with E-state index in [-0.39, 0.29) is 24.7 Å². The van der Waals surface area contributed by atoms with Crippen LogP contribution in [0.3, 0.4) is 0 Å². The van der Waals surface area contributed by atoms with Gasteiger partial charge < -0.3 is 14.5 Å². The molecule has 2 aliphatic rings. The lowest BCUT2D eigenvalue weighted by Gasteiger charge is -2.36. The number of piperazine rings is 1. The van der Waals surface area contributed by atoms with Crippen LogP contribution < -0.4 is 0 Å². The molecule has 1 aromatic carbocycles. The van der Waals surface area contributed by atoms with Crippen LogP contribution in [0, 0.1) is 0 Å². The van der Waals surface area contributed by atoms with E-state index in [9.17, 15) is 19.2 Å². The molecule has 0 bridgehead atoms. The lowest BCUT2D eigenvalue weighted by Crippen LogP contribution is -2.52. The molecule has 1 atom stereocenters. The fourth-order valence-electron chi connectivity index (χ4n) is 3.90. The second-order valence-electron chi connectivity index (χ2n) is 7.24. The number of carbonyl (C=O) groups excluding carboxylic acids is 4. The highest BCUT2D eigenvalue weighted by atomic mass is 35.5. The molecule has 2 heterocycles. The Hall–Kier alpha value is -2.61. The first-order chi connectivity index (χ1) is 13.8. The number of nitrogens with zero attached hydrogens (tertiary/aromatic N) is 3. The number of rotatable bonds is 4. The molecule has 9 heteroatoms. The van der Waals surface area contributed by atoms with E-state index in [2.05, 4.69) is 0 Å². The van der Waals surface area contributed by atoms with Gasteiger partial charge in [0.05, 0.1) is 12.0 Å². The fraction of sp³-hybridized carbons (Fsp3) is 0.500. The average molecular weight is 422 g/mol. The quantitative estimate of drug-likeness (QED) is 0.690. The first-order valence-electron chi connectivity index (χ1n) is 9.55. The highest BCUT2D eigenvalue weighted by Crippen LogP contribution is 2.42. The predicted molar refractivity (Wildman–Crippen MR) is 105 cm³/mol. The molecular formula is C20H24ClN3O5. The maximum Gasteiger partial charge on any atom is 0.409 e. The highest BCUT2D eigenvalue weighted by molar-refractivity contribution is 6.32. The fourth-order valence-corrected chi connectivity index (χ4v) is 4.22. The summed E-state index contributed by atoms with van der Waals surface area (Å²) in [4.78, 5) is 54.5. The minimum Gasteiger partial charge on any atom is -0.450 e. The van der Waals surface area contributed by atoms with Crippen molar-refractivity contribution in [1.29, 1.82) is 0 Å². The average Bonchev–Trinajstić information content (AvgIpc) is 2.93. The molecule has 0 aromatic heterocycles. The molecule has 3 rings (SSSR count). The molecule has 8 nitrogen and oxygen atoms in total. The number of imide groups is 1. The normalized spacial score (nSPS) is 22.2. The number of hydrogen-bond acceptors (Lipinski definition) is 5. The summed E-state index contributed by atoms with van der Waals surface area (Å²) < 4.78 is 4.99. The Morgan fingerprint density at radius 2 is 1.72 bits per heavy atom. The monoisotopic (exact) mass is 421 g/mol. The number of likely N-dealkylation sites (tertiary alicyclic amines) is 1. The first-order valence-corrected chi connectivity index (χ1v) is 9.93. The largest absolute Gasteiger partial charge is 0.450 e. The molecule has 1 aromatic rings. The molecule has 29 heavy (non-hydrogen) atoms. The number of hydrogen-bond donors (Lipinski definition) is 0. The van der Waals surface area contributed by atoms with Crippen molar-refractivity contribution in [2.24, 2.45) is 0 Å². The van der Waals surface area contributed by atoms with Crippen LogP contribution in [0.15, 0.2) is 24.3 Å². The number of likely N-dealkylation sites (N-methyl/N-ethyl adjacent to an activating group) is 1. The zero-order valence-corrected chi connectivity index (χ0v) is 17.3. The standard InChI is InChI=1S/C20H24ClN3O5/c1-3-29-19(28)24-10-8-23(9-11-24)17(26)13-20(12-16(25)22(2)18(20)27)14-6-4-5-7-15(14)21/h4-7H,3,8-13H2,1-2H3/t20-/m0/s1. The van der Waals surface area contributed by atoms with Gasteiger partial charge in [-0.3, -0.25) is 19.3 Å². The molecule has 0 aliphatic carbocycles. The maximum atomic E-state index is 13.1. The molecule has 2 saturated heterocycles. The Morgan fingerprint density at radius 1 is 1.10 bits per heavy atom. The zero-order valence-electron chi connectivity index (χ0n) is 16.5. The number of amides is 4. The van der Waals surface area contributed by atoms with Crippen molar-refractivity contribution in [2.75, 3.05) is 39.8 Å². The summed E-state index contributed by atoms with van der Waals surface area (Å²) in [5.74, 6) is -1.01. The molecule has 156 valence electrons. The van der Waals surface area contributed by atoms with E-state index in [0.717, 1.165) is 4.90 Å². The second-order valence-corrected chi connectivity index (χ2v) is 7.65. The van der Waals surface area contributed by atoms with Gasteiger partial charge in [0, 0.05) is 51.1 Å². The van der Waals surface area contributed by atoms with Crippen LogP contribution in [0.4, 0.5) is 4.79 Å². The van der Waals surface area contributed by atoms with Gasteiger partial charge >= 0.3 is 6.09 Å². The van der Waals surface area contributed by atoms with Crippen LogP contribution in [0.2, 0.25) is 5.02 Å².